The molecule has 0 heterocycles. The molecule has 0 bridgehead atoms. The Bertz CT molecular complexity index is 441. The summed E-state index contributed by atoms with van der Waals surface area (Å²) in [6.45, 7) is 10.3. The van der Waals surface area contributed by atoms with Crippen molar-refractivity contribution in [2.45, 2.75) is 33.9 Å². The van der Waals surface area contributed by atoms with Crippen LogP contribution < -0.4 is 10.1 Å². The first-order valence-electron chi connectivity index (χ1n) is 7.11. The topological polar surface area (TPSA) is 21.3 Å². The van der Waals surface area contributed by atoms with Gasteiger partial charge in [-0.15, -0.1) is 0 Å². The molecule has 0 fully saturated rings. The van der Waals surface area contributed by atoms with Crippen LogP contribution >= 0.6 is 0 Å². The van der Waals surface area contributed by atoms with Gasteiger partial charge in [-0.05, 0) is 30.7 Å². The predicted molar refractivity (Wildman–Crippen MR) is 78.4 cm³/mol. The number of alkyl halides is 3. The number of rotatable bonds is 7. The minimum absolute atomic E-state index is 0.150. The fourth-order valence-corrected chi connectivity index (χ4v) is 1.79. The predicted octanol–water partition coefficient (Wildman–Crippen LogP) is 4.36. The van der Waals surface area contributed by atoms with Crippen LogP contribution in [0.15, 0.2) is 24.3 Å². The van der Waals surface area contributed by atoms with Crippen LogP contribution in [-0.2, 0) is 6.18 Å². The van der Waals surface area contributed by atoms with Crippen LogP contribution in [0, 0.1) is 11.3 Å². The minimum atomic E-state index is -4.34. The average molecular weight is 303 g/mol. The third-order valence-corrected chi connectivity index (χ3v) is 2.95. The van der Waals surface area contributed by atoms with Gasteiger partial charge in [-0.25, -0.2) is 0 Å². The lowest BCUT2D eigenvalue weighted by atomic mass is 9.94. The molecule has 0 saturated carbocycles. The van der Waals surface area contributed by atoms with Gasteiger partial charge in [0.1, 0.15) is 5.75 Å². The Labute approximate surface area is 124 Å². The van der Waals surface area contributed by atoms with E-state index in [4.69, 9.17) is 4.74 Å². The highest BCUT2D eigenvalue weighted by atomic mass is 19.4. The van der Waals surface area contributed by atoms with Gasteiger partial charge >= 0.3 is 6.18 Å². The van der Waals surface area contributed by atoms with Gasteiger partial charge in [-0.1, -0.05) is 33.8 Å². The SMILES string of the molecule is CC(C)CNCC(C)(C)COc1cccc(C(F)(F)F)c1. The summed E-state index contributed by atoms with van der Waals surface area (Å²) in [5.41, 5.74) is -0.834. The molecule has 5 heteroatoms. The van der Waals surface area contributed by atoms with Gasteiger partial charge in [0.25, 0.3) is 0 Å². The zero-order valence-corrected chi connectivity index (χ0v) is 13.1. The van der Waals surface area contributed by atoms with Crippen LogP contribution in [0.2, 0.25) is 0 Å². The molecule has 0 saturated heterocycles. The molecular formula is C16H24F3NO. The van der Waals surface area contributed by atoms with Crippen molar-refractivity contribution >= 4 is 0 Å². The number of nitrogens with one attached hydrogen (secondary N) is 1. The zero-order valence-electron chi connectivity index (χ0n) is 13.1. The third-order valence-electron chi connectivity index (χ3n) is 2.95. The first-order valence-corrected chi connectivity index (χ1v) is 7.11. The molecule has 21 heavy (non-hydrogen) atoms. The van der Waals surface area contributed by atoms with Gasteiger partial charge < -0.3 is 10.1 Å². The monoisotopic (exact) mass is 303 g/mol. The van der Waals surface area contributed by atoms with Gasteiger partial charge in [0.2, 0.25) is 0 Å². The maximum absolute atomic E-state index is 12.6. The number of benzene rings is 1. The van der Waals surface area contributed by atoms with Gasteiger partial charge in [0.15, 0.2) is 0 Å². The second-order valence-corrected chi connectivity index (χ2v) is 6.50. The molecule has 1 aromatic carbocycles. The lowest BCUT2D eigenvalue weighted by Crippen LogP contribution is -2.35. The van der Waals surface area contributed by atoms with Crippen molar-refractivity contribution in [3.63, 3.8) is 0 Å². The number of halogens is 3. The molecule has 0 aliphatic heterocycles. The molecule has 0 aliphatic carbocycles. The van der Waals surface area contributed by atoms with E-state index in [0.29, 0.717) is 12.5 Å². The number of ether oxygens (including phenoxy) is 1. The largest absolute Gasteiger partial charge is 0.493 e. The molecule has 0 aliphatic rings. The quantitative estimate of drug-likeness (QED) is 0.808. The van der Waals surface area contributed by atoms with E-state index in [9.17, 15) is 13.2 Å². The van der Waals surface area contributed by atoms with E-state index in [-0.39, 0.29) is 11.2 Å². The van der Waals surface area contributed by atoms with Gasteiger partial charge in [0.05, 0.1) is 12.2 Å². The van der Waals surface area contributed by atoms with E-state index in [1.807, 2.05) is 13.8 Å². The Morgan fingerprint density at radius 2 is 1.86 bits per heavy atom. The van der Waals surface area contributed by atoms with Gasteiger partial charge in [0, 0.05) is 12.0 Å². The number of hydrogen-bond donors (Lipinski definition) is 1. The highest BCUT2D eigenvalue weighted by Crippen LogP contribution is 2.31. The fourth-order valence-electron chi connectivity index (χ4n) is 1.79. The van der Waals surface area contributed by atoms with E-state index >= 15 is 0 Å². The summed E-state index contributed by atoms with van der Waals surface area (Å²) >= 11 is 0. The van der Waals surface area contributed by atoms with Crippen molar-refractivity contribution < 1.29 is 17.9 Å². The molecule has 1 aromatic rings. The average Bonchev–Trinajstić information content (AvgIpc) is 2.35. The van der Waals surface area contributed by atoms with E-state index in [1.54, 1.807) is 6.07 Å². The lowest BCUT2D eigenvalue weighted by molar-refractivity contribution is -0.137. The van der Waals surface area contributed by atoms with E-state index in [2.05, 4.69) is 19.2 Å². The van der Waals surface area contributed by atoms with Gasteiger partial charge in [-0.3, -0.25) is 0 Å². The molecule has 0 aromatic heterocycles. The van der Waals surface area contributed by atoms with Crippen LogP contribution in [0.3, 0.4) is 0 Å². The van der Waals surface area contributed by atoms with Crippen molar-refractivity contribution in [1.29, 1.82) is 0 Å². The summed E-state index contributed by atoms with van der Waals surface area (Å²) in [7, 11) is 0. The standard InChI is InChI=1S/C16H24F3NO/c1-12(2)9-20-10-15(3,4)11-21-14-7-5-6-13(8-14)16(17,18)19/h5-8,12,20H,9-11H2,1-4H3. The maximum atomic E-state index is 12.6. The molecule has 0 amide bonds. The molecule has 0 atom stereocenters. The van der Waals surface area contributed by atoms with Crippen LogP contribution in [-0.4, -0.2) is 19.7 Å². The van der Waals surface area contributed by atoms with Crippen molar-refractivity contribution in [3.8, 4) is 5.75 Å². The maximum Gasteiger partial charge on any atom is 0.416 e. The molecule has 0 radical (unpaired) electrons. The Balaban J connectivity index is 2.54. The Kier molecular flexibility index (Phi) is 6.08. The van der Waals surface area contributed by atoms with Crippen molar-refractivity contribution in [2.75, 3.05) is 19.7 Å². The third kappa shape index (κ3) is 6.85. The van der Waals surface area contributed by atoms with E-state index in [1.165, 1.54) is 6.07 Å². The van der Waals surface area contributed by atoms with Crippen LogP contribution in [0.4, 0.5) is 13.2 Å². The molecule has 0 spiro atoms. The van der Waals surface area contributed by atoms with Crippen LogP contribution in [0.1, 0.15) is 33.3 Å². The van der Waals surface area contributed by atoms with Gasteiger partial charge in [-0.2, -0.15) is 13.2 Å². The lowest BCUT2D eigenvalue weighted by Gasteiger charge is -2.26. The summed E-state index contributed by atoms with van der Waals surface area (Å²) < 4.78 is 43.4. The number of hydrogen-bond acceptors (Lipinski definition) is 2. The highest BCUT2D eigenvalue weighted by Gasteiger charge is 2.30. The molecule has 0 unspecified atom stereocenters. The molecule has 2 nitrogen and oxygen atoms in total. The second kappa shape index (κ2) is 7.16. The van der Waals surface area contributed by atoms with Crippen molar-refractivity contribution in [1.82, 2.24) is 5.32 Å². The first-order chi connectivity index (χ1) is 9.60. The Morgan fingerprint density at radius 3 is 2.43 bits per heavy atom. The smallest absolute Gasteiger partial charge is 0.416 e. The van der Waals surface area contributed by atoms with E-state index in [0.717, 1.165) is 25.2 Å². The van der Waals surface area contributed by atoms with Crippen molar-refractivity contribution in [2.24, 2.45) is 11.3 Å². The van der Waals surface area contributed by atoms with Crippen molar-refractivity contribution in [3.05, 3.63) is 29.8 Å². The molecule has 1 N–H and O–H groups in total. The molecular weight excluding hydrogens is 279 g/mol. The Morgan fingerprint density at radius 1 is 1.19 bits per heavy atom. The molecule has 120 valence electrons. The zero-order chi connectivity index (χ0) is 16.1. The van der Waals surface area contributed by atoms with Crippen LogP contribution in [0.25, 0.3) is 0 Å². The minimum Gasteiger partial charge on any atom is -0.493 e. The summed E-state index contributed by atoms with van der Waals surface area (Å²) in [5.74, 6) is 0.812. The highest BCUT2D eigenvalue weighted by molar-refractivity contribution is 5.30. The second-order valence-electron chi connectivity index (χ2n) is 6.50. The van der Waals surface area contributed by atoms with E-state index < -0.39 is 11.7 Å². The summed E-state index contributed by atoms with van der Waals surface area (Å²) in [6, 6.07) is 4.99. The molecule has 1 rings (SSSR count). The summed E-state index contributed by atoms with van der Waals surface area (Å²) in [4.78, 5) is 0. The fraction of sp³-hybridized carbons (Fsp3) is 0.625. The summed E-state index contributed by atoms with van der Waals surface area (Å²) in [6.07, 6.45) is -4.34. The Hall–Kier alpha value is -1.23. The first kappa shape index (κ1) is 17.8. The summed E-state index contributed by atoms with van der Waals surface area (Å²) in [5, 5.41) is 3.34. The normalized spacial score (nSPS) is 12.8. The van der Waals surface area contributed by atoms with Crippen LogP contribution in [0.5, 0.6) is 5.75 Å².